The molecule has 17 heteroatoms. The molecule has 5 amide bonds. The molecule has 4 aromatic carbocycles. The molecule has 1 saturated carbocycles. The van der Waals surface area contributed by atoms with Crippen LogP contribution >= 0.6 is 0 Å². The molecule has 0 bridgehead atoms. The van der Waals surface area contributed by atoms with E-state index in [-0.39, 0.29) is 5.91 Å². The van der Waals surface area contributed by atoms with Crippen LogP contribution in [0.25, 0.3) is 10.9 Å². The Morgan fingerprint density at radius 2 is 1.39 bits per heavy atom. The van der Waals surface area contributed by atoms with Gasteiger partial charge in [-0.2, -0.15) is 0 Å². The fourth-order valence-electron chi connectivity index (χ4n) is 10.8. The summed E-state index contributed by atoms with van der Waals surface area (Å²) in [6.45, 7) is 10.2. The monoisotopic (exact) mass is 965 g/mol. The minimum absolute atomic E-state index is 0.367. The molecule has 1 unspecified atom stereocenters. The molecule has 3 N–H and O–H groups in total. The van der Waals surface area contributed by atoms with E-state index in [0.717, 1.165) is 118 Å². The molecule has 1 aromatic heterocycles. The summed E-state index contributed by atoms with van der Waals surface area (Å²) in [5.74, 6) is 0.127. The standard InChI is InChI=1S/C54H60FN9O7/c1-34(49(65)56-2)64-50(66)41-5-4-6-44(48(41)51(64)67)62-25-18-39(19-26-62)61-29-27-60(28-30-61)33-35-16-23-63(24-17-35)45-32-43-42(31-47(45)70-3)46(15-22-57-43)71-40-13-11-38(12-14-40)59-53(69)54(20-21-54)52(68)58-37-9-7-36(55)8-10-37/h4-15,22,31-32,34-35,39H,16-21,23-30,33H2,1-3H3,(H,56,65)(H,58,68)(H,59,69). The van der Waals surface area contributed by atoms with Crippen molar-refractivity contribution in [2.45, 2.75) is 57.5 Å². The predicted molar refractivity (Wildman–Crippen MR) is 269 cm³/mol. The number of methoxy groups -OCH3 is 1. The summed E-state index contributed by atoms with van der Waals surface area (Å²) in [6.07, 6.45) is 6.71. The molecule has 5 heterocycles. The Kier molecular flexibility index (Phi) is 13.4. The highest BCUT2D eigenvalue weighted by atomic mass is 19.1. The number of carbonyl (C=O) groups excluding carboxylic acids is 5. The summed E-state index contributed by atoms with van der Waals surface area (Å²) >= 11 is 0. The maximum absolute atomic E-state index is 13.6. The normalized spacial score (nSPS) is 19.1. The minimum atomic E-state index is -1.17. The minimum Gasteiger partial charge on any atom is -0.495 e. The quantitative estimate of drug-likeness (QED) is 0.0791. The van der Waals surface area contributed by atoms with Crippen molar-refractivity contribution < 1.29 is 37.8 Å². The zero-order chi connectivity index (χ0) is 49.4. The van der Waals surface area contributed by atoms with Crippen molar-refractivity contribution in [1.82, 2.24) is 25.0 Å². The zero-order valence-electron chi connectivity index (χ0n) is 40.4. The summed E-state index contributed by atoms with van der Waals surface area (Å²) < 4.78 is 25.7. The van der Waals surface area contributed by atoms with Gasteiger partial charge in [-0.05, 0) is 130 Å². The second-order valence-electron chi connectivity index (χ2n) is 19.4. The lowest BCUT2D eigenvalue weighted by atomic mass is 9.95. The number of pyridine rings is 1. The Labute approximate surface area is 412 Å². The van der Waals surface area contributed by atoms with Crippen molar-refractivity contribution >= 4 is 63.2 Å². The van der Waals surface area contributed by atoms with Gasteiger partial charge in [0, 0.05) is 95.0 Å². The number of piperazine rings is 1. The molecule has 3 saturated heterocycles. The molecule has 0 radical (unpaired) electrons. The first-order chi connectivity index (χ1) is 34.4. The molecular weight excluding hydrogens is 906 g/mol. The third kappa shape index (κ3) is 9.59. The lowest BCUT2D eigenvalue weighted by molar-refractivity contribution is -0.131. The number of anilines is 4. The first kappa shape index (κ1) is 47.6. The number of imide groups is 1. The Hall–Kier alpha value is -7.11. The summed E-state index contributed by atoms with van der Waals surface area (Å²) in [6, 6.07) is 23.4. The third-order valence-corrected chi connectivity index (χ3v) is 15.2. The molecule has 4 aliphatic heterocycles. The molecule has 16 nitrogen and oxygen atoms in total. The Bertz CT molecular complexity index is 2840. The first-order valence-electron chi connectivity index (χ1n) is 24.7. The number of hydrogen-bond donors (Lipinski definition) is 3. The third-order valence-electron chi connectivity index (χ3n) is 15.2. The number of carbonyl (C=O) groups is 5. The number of nitrogens with one attached hydrogen (secondary N) is 3. The number of amides is 5. The van der Waals surface area contributed by atoms with Crippen LogP contribution in [-0.2, 0) is 14.4 Å². The maximum atomic E-state index is 13.6. The molecule has 1 aliphatic carbocycles. The molecule has 4 fully saturated rings. The molecule has 0 spiro atoms. The van der Waals surface area contributed by atoms with Crippen molar-refractivity contribution in [3.05, 3.63) is 108 Å². The smallest absolute Gasteiger partial charge is 0.264 e. The first-order valence-corrected chi connectivity index (χ1v) is 24.7. The van der Waals surface area contributed by atoms with E-state index in [1.807, 2.05) is 24.3 Å². The van der Waals surface area contributed by atoms with Crippen LogP contribution in [0.5, 0.6) is 17.2 Å². The Morgan fingerprint density at radius 1 is 0.761 bits per heavy atom. The van der Waals surface area contributed by atoms with Crippen LogP contribution in [0.2, 0.25) is 0 Å². The number of hydrogen-bond acceptors (Lipinski definition) is 12. The van der Waals surface area contributed by atoms with Crippen LogP contribution in [-0.4, -0.2) is 134 Å². The number of likely N-dealkylation sites (N-methyl/N-ethyl adjacent to an activating group) is 1. The van der Waals surface area contributed by atoms with Gasteiger partial charge < -0.3 is 40.1 Å². The van der Waals surface area contributed by atoms with Gasteiger partial charge in [0.1, 0.15) is 34.5 Å². The van der Waals surface area contributed by atoms with Crippen LogP contribution in [0.1, 0.15) is 66.2 Å². The highest BCUT2D eigenvalue weighted by molar-refractivity contribution is 6.25. The molecule has 370 valence electrons. The van der Waals surface area contributed by atoms with E-state index in [4.69, 9.17) is 14.5 Å². The number of ether oxygens (including phenoxy) is 2. The van der Waals surface area contributed by atoms with Crippen molar-refractivity contribution in [3.8, 4) is 17.2 Å². The summed E-state index contributed by atoms with van der Waals surface area (Å²) in [4.78, 5) is 81.1. The largest absolute Gasteiger partial charge is 0.495 e. The highest BCUT2D eigenvalue weighted by Gasteiger charge is 2.56. The summed E-state index contributed by atoms with van der Waals surface area (Å²) in [5.41, 5.74) is 3.15. The van der Waals surface area contributed by atoms with Gasteiger partial charge in [0.05, 0.1) is 35.1 Å². The summed E-state index contributed by atoms with van der Waals surface area (Å²) in [5, 5.41) is 8.97. The van der Waals surface area contributed by atoms with Crippen LogP contribution in [0, 0.1) is 17.2 Å². The fourth-order valence-corrected chi connectivity index (χ4v) is 10.8. The van der Waals surface area contributed by atoms with Gasteiger partial charge in [0.25, 0.3) is 11.8 Å². The van der Waals surface area contributed by atoms with Crippen LogP contribution in [0.3, 0.4) is 0 Å². The van der Waals surface area contributed by atoms with E-state index >= 15 is 0 Å². The van der Waals surface area contributed by atoms with E-state index in [2.05, 4.69) is 41.6 Å². The van der Waals surface area contributed by atoms with E-state index in [1.54, 1.807) is 50.6 Å². The van der Waals surface area contributed by atoms with Crippen LogP contribution < -0.4 is 35.2 Å². The number of fused-ring (bicyclic) bond motifs is 2. The second kappa shape index (κ2) is 19.9. The maximum Gasteiger partial charge on any atom is 0.264 e. The van der Waals surface area contributed by atoms with E-state index < -0.39 is 40.9 Å². The average Bonchev–Trinajstić information content (AvgIpc) is 4.18. The summed E-state index contributed by atoms with van der Waals surface area (Å²) in [7, 11) is 3.19. The number of halogens is 1. The Balaban J connectivity index is 0.688. The number of rotatable bonds is 14. The molecule has 5 aromatic rings. The highest BCUT2D eigenvalue weighted by Crippen LogP contribution is 2.48. The van der Waals surface area contributed by atoms with E-state index in [1.165, 1.54) is 31.3 Å². The van der Waals surface area contributed by atoms with E-state index in [9.17, 15) is 28.4 Å². The number of benzene rings is 4. The molecular formula is C54H60FN9O7. The lowest BCUT2D eigenvalue weighted by Crippen LogP contribution is -2.54. The fraction of sp³-hybridized carbons (Fsp3) is 0.407. The van der Waals surface area contributed by atoms with Crippen molar-refractivity contribution in [3.63, 3.8) is 0 Å². The molecule has 1 atom stereocenters. The lowest BCUT2D eigenvalue weighted by Gasteiger charge is -2.44. The van der Waals surface area contributed by atoms with Crippen LogP contribution in [0.15, 0.2) is 91.1 Å². The molecule has 71 heavy (non-hydrogen) atoms. The number of piperidine rings is 2. The van der Waals surface area contributed by atoms with Gasteiger partial charge in [0.15, 0.2) is 0 Å². The molecule has 5 aliphatic rings. The van der Waals surface area contributed by atoms with Crippen LogP contribution in [0.4, 0.5) is 27.1 Å². The van der Waals surface area contributed by atoms with Gasteiger partial charge in [-0.3, -0.25) is 38.8 Å². The number of aromatic nitrogens is 1. The SMILES string of the molecule is CNC(=O)C(C)N1C(=O)c2cccc(N3CCC(N4CCN(CC5CCN(c6cc7nccc(Oc8ccc(NC(=O)C9(C(=O)Nc%10ccc(F)cc%10)CC9)cc8)c7cc6OC)CC5)CC4)CC3)c2C1=O. The number of nitrogens with zero attached hydrogens (tertiary/aromatic N) is 6. The average molecular weight is 966 g/mol. The zero-order valence-corrected chi connectivity index (χ0v) is 40.4. The van der Waals surface area contributed by atoms with Crippen molar-refractivity contribution in [1.29, 1.82) is 0 Å². The van der Waals surface area contributed by atoms with Gasteiger partial charge in [-0.1, -0.05) is 6.07 Å². The van der Waals surface area contributed by atoms with E-state index in [0.29, 0.717) is 58.8 Å². The van der Waals surface area contributed by atoms with Crippen molar-refractivity contribution in [2.24, 2.45) is 11.3 Å². The van der Waals surface area contributed by atoms with Gasteiger partial charge >= 0.3 is 0 Å². The van der Waals surface area contributed by atoms with Crippen molar-refractivity contribution in [2.75, 3.05) is 93.5 Å². The van der Waals surface area contributed by atoms with Gasteiger partial charge in [-0.15, -0.1) is 0 Å². The van der Waals surface area contributed by atoms with Gasteiger partial charge in [-0.25, -0.2) is 4.39 Å². The predicted octanol–water partition coefficient (Wildman–Crippen LogP) is 6.77. The Morgan fingerprint density at radius 3 is 2.03 bits per heavy atom. The molecule has 10 rings (SSSR count). The second-order valence-corrected chi connectivity index (χ2v) is 19.4. The topological polar surface area (TPSA) is 169 Å². The van der Waals surface area contributed by atoms with Gasteiger partial charge in [0.2, 0.25) is 17.7 Å².